The van der Waals surface area contributed by atoms with E-state index in [2.05, 4.69) is 28.3 Å². The summed E-state index contributed by atoms with van der Waals surface area (Å²) in [6.07, 6.45) is 0. The van der Waals surface area contributed by atoms with Gasteiger partial charge in [-0.05, 0) is 49.6 Å². The number of aromatic nitrogens is 2. The number of hydrogen-bond donors (Lipinski definition) is 2. The van der Waals surface area contributed by atoms with E-state index in [9.17, 15) is 9.59 Å². The minimum atomic E-state index is -0.466. The first kappa shape index (κ1) is 20.0. The van der Waals surface area contributed by atoms with E-state index >= 15 is 0 Å². The number of rotatable bonds is 7. The topological polar surface area (TPSA) is 93.3 Å². The van der Waals surface area contributed by atoms with Crippen LogP contribution in [0.25, 0.3) is 10.2 Å². The van der Waals surface area contributed by atoms with Crippen LogP contribution in [0.15, 0.2) is 23.0 Å². The van der Waals surface area contributed by atoms with Crippen molar-refractivity contribution in [1.82, 2.24) is 9.97 Å². The Hall–Kier alpha value is -2.71. The number of aromatic amines is 1. The average Bonchev–Trinajstić information content (AvgIpc) is 3.00. The number of fused-ring (bicyclic) bond motifs is 1. The van der Waals surface area contributed by atoms with Crippen LogP contribution in [0, 0.1) is 20.8 Å². The maximum atomic E-state index is 12.5. The number of methoxy groups -OCH3 is 1. The number of nitrogens with zero attached hydrogens (tertiary/aromatic N) is 1. The molecule has 0 aliphatic carbocycles. The Kier molecular flexibility index (Phi) is 6.11. The molecular weight excluding hydrogens is 378 g/mol. The van der Waals surface area contributed by atoms with Crippen molar-refractivity contribution in [2.75, 3.05) is 25.6 Å². The van der Waals surface area contributed by atoms with Crippen molar-refractivity contribution in [3.8, 4) is 0 Å². The Morgan fingerprint density at radius 1 is 1.21 bits per heavy atom. The highest BCUT2D eigenvalue weighted by atomic mass is 32.1. The number of aryl methyl sites for hydroxylation is 3. The van der Waals surface area contributed by atoms with E-state index in [1.807, 2.05) is 19.1 Å². The lowest BCUT2D eigenvalue weighted by atomic mass is 10.1. The third-order valence-electron chi connectivity index (χ3n) is 4.52. The van der Waals surface area contributed by atoms with Crippen molar-refractivity contribution in [2.45, 2.75) is 27.3 Å². The van der Waals surface area contributed by atoms with Crippen LogP contribution in [0.2, 0.25) is 0 Å². The summed E-state index contributed by atoms with van der Waals surface area (Å²) < 4.78 is 10.1. The summed E-state index contributed by atoms with van der Waals surface area (Å²) in [7, 11) is 1.54. The van der Waals surface area contributed by atoms with Crippen LogP contribution in [0.4, 0.5) is 5.69 Å². The second-order valence-corrected chi connectivity index (χ2v) is 7.53. The molecule has 2 N–H and O–H groups in total. The molecule has 28 heavy (non-hydrogen) atoms. The number of ether oxygens (including phenoxy) is 2. The smallest absolute Gasteiger partial charge is 0.348 e. The van der Waals surface area contributed by atoms with E-state index in [0.717, 1.165) is 5.69 Å². The Bertz CT molecular complexity index is 1070. The van der Waals surface area contributed by atoms with Crippen molar-refractivity contribution in [3.63, 3.8) is 0 Å². The first-order chi connectivity index (χ1) is 13.4. The number of carbonyl (C=O) groups is 1. The zero-order chi connectivity index (χ0) is 20.3. The molecule has 2 heterocycles. The highest BCUT2D eigenvalue weighted by Crippen LogP contribution is 2.27. The van der Waals surface area contributed by atoms with E-state index in [-0.39, 0.29) is 12.2 Å². The molecule has 0 amide bonds. The minimum absolute atomic E-state index is 0.165. The Labute approximate surface area is 166 Å². The Morgan fingerprint density at radius 3 is 2.71 bits per heavy atom. The highest BCUT2D eigenvalue weighted by Gasteiger charge is 2.20. The van der Waals surface area contributed by atoms with Crippen LogP contribution in [0.5, 0.6) is 0 Å². The number of esters is 1. The summed E-state index contributed by atoms with van der Waals surface area (Å²) in [6, 6.07) is 6.08. The molecule has 0 fully saturated rings. The fourth-order valence-electron chi connectivity index (χ4n) is 2.79. The predicted molar refractivity (Wildman–Crippen MR) is 110 cm³/mol. The predicted octanol–water partition coefficient (Wildman–Crippen LogP) is 3.33. The fraction of sp³-hybridized carbons (Fsp3) is 0.350. The molecule has 148 valence electrons. The lowest BCUT2D eigenvalue weighted by Gasteiger charge is -2.08. The quantitative estimate of drug-likeness (QED) is 0.466. The average molecular weight is 401 g/mol. The lowest BCUT2D eigenvalue weighted by molar-refractivity contribution is 0.0393. The molecule has 0 unspecified atom stereocenters. The molecule has 0 atom stereocenters. The van der Waals surface area contributed by atoms with Gasteiger partial charge in [0.25, 0.3) is 5.56 Å². The molecule has 0 saturated carbocycles. The number of H-pyrrole nitrogens is 1. The third kappa shape index (κ3) is 4.23. The lowest BCUT2D eigenvalue weighted by Crippen LogP contribution is -2.14. The molecule has 3 aromatic rings. The molecule has 0 aliphatic heterocycles. The molecule has 0 aliphatic rings. The maximum absolute atomic E-state index is 12.5. The largest absolute Gasteiger partial charge is 0.459 e. The molecule has 0 saturated heterocycles. The van der Waals surface area contributed by atoms with Gasteiger partial charge in [-0.3, -0.25) is 4.79 Å². The van der Waals surface area contributed by atoms with Gasteiger partial charge in [-0.1, -0.05) is 6.07 Å². The summed E-state index contributed by atoms with van der Waals surface area (Å²) in [5, 5.41) is 3.70. The molecule has 0 radical (unpaired) electrons. The Balaban J connectivity index is 1.82. The van der Waals surface area contributed by atoms with Crippen LogP contribution in [0.1, 0.15) is 32.2 Å². The molecule has 0 bridgehead atoms. The monoisotopic (exact) mass is 401 g/mol. The van der Waals surface area contributed by atoms with Crippen molar-refractivity contribution in [1.29, 1.82) is 0 Å². The van der Waals surface area contributed by atoms with Crippen molar-refractivity contribution in [2.24, 2.45) is 0 Å². The zero-order valence-corrected chi connectivity index (χ0v) is 17.2. The van der Waals surface area contributed by atoms with Crippen LogP contribution in [0.3, 0.4) is 0 Å². The van der Waals surface area contributed by atoms with Gasteiger partial charge in [-0.25, -0.2) is 9.78 Å². The standard InChI is InChI=1S/C20H23N3O4S/c1-11-5-6-14(9-12(11)2)21-10-15-22-18(24)16-13(3)17(28-19(16)23-15)20(25)27-8-7-26-4/h5-6,9,21H,7-8,10H2,1-4H3,(H,22,23,24). The SMILES string of the molecule is COCCOC(=O)c1sc2nc(CNc3ccc(C)c(C)c3)[nH]c(=O)c2c1C. The van der Waals surface area contributed by atoms with Gasteiger partial charge in [0.1, 0.15) is 22.1 Å². The van der Waals surface area contributed by atoms with Gasteiger partial charge in [-0.2, -0.15) is 0 Å². The first-order valence-corrected chi connectivity index (χ1v) is 9.72. The van der Waals surface area contributed by atoms with E-state index in [0.29, 0.717) is 39.6 Å². The third-order valence-corrected chi connectivity index (χ3v) is 5.69. The highest BCUT2D eigenvalue weighted by molar-refractivity contribution is 7.20. The second-order valence-electron chi connectivity index (χ2n) is 6.53. The van der Waals surface area contributed by atoms with Crippen molar-refractivity contribution in [3.05, 3.63) is 55.9 Å². The van der Waals surface area contributed by atoms with Gasteiger partial charge in [0.2, 0.25) is 0 Å². The summed E-state index contributed by atoms with van der Waals surface area (Å²) >= 11 is 1.17. The van der Waals surface area contributed by atoms with Crippen LogP contribution in [-0.2, 0) is 16.0 Å². The van der Waals surface area contributed by atoms with Gasteiger partial charge in [0, 0.05) is 12.8 Å². The number of benzene rings is 1. The molecular formula is C20H23N3O4S. The van der Waals surface area contributed by atoms with Crippen LogP contribution >= 0.6 is 11.3 Å². The summed E-state index contributed by atoms with van der Waals surface area (Å²) in [5.41, 5.74) is 3.69. The van der Waals surface area contributed by atoms with E-state index in [1.165, 1.54) is 29.6 Å². The summed E-state index contributed by atoms with van der Waals surface area (Å²) in [5.74, 6) is 0.0445. The fourth-order valence-corrected chi connectivity index (χ4v) is 3.88. The maximum Gasteiger partial charge on any atom is 0.348 e. The number of hydrogen-bond acceptors (Lipinski definition) is 7. The molecule has 8 heteroatoms. The molecule has 3 rings (SSSR count). The van der Waals surface area contributed by atoms with Crippen LogP contribution < -0.4 is 10.9 Å². The number of nitrogens with one attached hydrogen (secondary N) is 2. The molecule has 2 aromatic heterocycles. The normalized spacial score (nSPS) is 11.0. The van der Waals surface area contributed by atoms with Crippen molar-refractivity contribution >= 4 is 33.2 Å². The van der Waals surface area contributed by atoms with Gasteiger partial charge in [0.05, 0.1) is 18.5 Å². The number of thiophene rings is 1. The van der Waals surface area contributed by atoms with Gasteiger partial charge in [0.15, 0.2) is 0 Å². The molecule has 1 aromatic carbocycles. The Morgan fingerprint density at radius 2 is 2.00 bits per heavy atom. The van der Waals surface area contributed by atoms with Gasteiger partial charge in [-0.15, -0.1) is 11.3 Å². The van der Waals surface area contributed by atoms with Gasteiger partial charge >= 0.3 is 5.97 Å². The summed E-state index contributed by atoms with van der Waals surface area (Å²) in [6.45, 7) is 6.70. The number of anilines is 1. The molecule has 7 nitrogen and oxygen atoms in total. The first-order valence-electron chi connectivity index (χ1n) is 8.90. The second kappa shape index (κ2) is 8.53. The minimum Gasteiger partial charge on any atom is -0.459 e. The summed E-state index contributed by atoms with van der Waals surface area (Å²) in [4.78, 5) is 33.0. The molecule has 0 spiro atoms. The zero-order valence-electron chi connectivity index (χ0n) is 16.3. The van der Waals surface area contributed by atoms with Crippen molar-refractivity contribution < 1.29 is 14.3 Å². The van der Waals surface area contributed by atoms with Gasteiger partial charge < -0.3 is 19.8 Å². The van der Waals surface area contributed by atoms with E-state index in [1.54, 1.807) is 6.92 Å². The van der Waals surface area contributed by atoms with Crippen LogP contribution in [-0.4, -0.2) is 36.3 Å². The van der Waals surface area contributed by atoms with E-state index < -0.39 is 5.97 Å². The van der Waals surface area contributed by atoms with E-state index in [4.69, 9.17) is 9.47 Å². The number of carbonyl (C=O) groups excluding carboxylic acids is 1.